The van der Waals surface area contributed by atoms with Gasteiger partial charge in [0.05, 0.1) is 12.1 Å². The number of aromatic nitrogens is 1. The highest BCUT2D eigenvalue weighted by atomic mass is 32.1. The van der Waals surface area contributed by atoms with Gasteiger partial charge in [0.2, 0.25) is 5.91 Å². The van der Waals surface area contributed by atoms with E-state index in [1.165, 1.54) is 22.5 Å². The number of nitrogens with zero attached hydrogens (tertiary/aromatic N) is 2. The van der Waals surface area contributed by atoms with Crippen molar-refractivity contribution in [2.24, 2.45) is 0 Å². The maximum atomic E-state index is 12.9. The van der Waals surface area contributed by atoms with Gasteiger partial charge in [0.15, 0.2) is 0 Å². The van der Waals surface area contributed by atoms with Crippen LogP contribution in [0.3, 0.4) is 0 Å². The number of amides is 1. The molecule has 1 aliphatic rings. The van der Waals surface area contributed by atoms with Crippen molar-refractivity contribution >= 4 is 22.9 Å². The van der Waals surface area contributed by atoms with Gasteiger partial charge in [0.25, 0.3) is 0 Å². The summed E-state index contributed by atoms with van der Waals surface area (Å²) in [6.07, 6.45) is 1.23. The lowest BCUT2D eigenvalue weighted by atomic mass is 10.1. The third kappa shape index (κ3) is 3.88. The summed E-state index contributed by atoms with van der Waals surface area (Å²) in [5.41, 5.74) is 4.29. The second kappa shape index (κ2) is 7.53. The van der Waals surface area contributed by atoms with E-state index in [4.69, 9.17) is 4.74 Å². The van der Waals surface area contributed by atoms with Crippen molar-refractivity contribution in [2.75, 3.05) is 4.90 Å². The molecule has 27 heavy (non-hydrogen) atoms. The molecule has 1 amide bonds. The molecule has 0 unspecified atom stereocenters. The van der Waals surface area contributed by atoms with E-state index >= 15 is 0 Å². The molecule has 1 aliphatic heterocycles. The van der Waals surface area contributed by atoms with Gasteiger partial charge in [-0.25, -0.2) is 4.98 Å². The van der Waals surface area contributed by atoms with E-state index < -0.39 is 0 Å². The Balaban J connectivity index is 1.39. The van der Waals surface area contributed by atoms with Crippen molar-refractivity contribution in [2.45, 2.75) is 39.3 Å². The molecule has 3 aromatic rings. The Kier molecular flexibility index (Phi) is 4.94. The van der Waals surface area contributed by atoms with Crippen LogP contribution in [0.2, 0.25) is 0 Å². The normalized spacial score (nSPS) is 15.6. The number of thiazole rings is 1. The summed E-state index contributed by atoms with van der Waals surface area (Å²) in [5, 5.41) is 2.84. The monoisotopic (exact) mass is 378 g/mol. The van der Waals surface area contributed by atoms with Gasteiger partial charge >= 0.3 is 0 Å². The Hall–Kier alpha value is -2.66. The number of ether oxygens (including phenoxy) is 1. The Morgan fingerprint density at radius 2 is 2.00 bits per heavy atom. The first-order chi connectivity index (χ1) is 13.1. The quantitative estimate of drug-likeness (QED) is 0.654. The Morgan fingerprint density at radius 1 is 1.22 bits per heavy atom. The zero-order valence-electron chi connectivity index (χ0n) is 15.5. The van der Waals surface area contributed by atoms with Crippen LogP contribution in [0.5, 0.6) is 5.75 Å². The molecule has 138 valence electrons. The zero-order chi connectivity index (χ0) is 18.8. The summed E-state index contributed by atoms with van der Waals surface area (Å²) in [6.45, 7) is 4.57. The molecule has 1 atom stereocenters. The lowest BCUT2D eigenvalue weighted by Crippen LogP contribution is -2.36. The van der Waals surface area contributed by atoms with Crippen molar-refractivity contribution in [3.8, 4) is 5.75 Å². The first-order valence-electron chi connectivity index (χ1n) is 9.13. The summed E-state index contributed by atoms with van der Waals surface area (Å²) in [7, 11) is 0. The third-order valence-electron chi connectivity index (χ3n) is 4.79. The lowest BCUT2D eigenvalue weighted by Gasteiger charge is -2.22. The van der Waals surface area contributed by atoms with Crippen LogP contribution in [-0.4, -0.2) is 16.9 Å². The Bertz CT molecular complexity index is 949. The zero-order valence-corrected chi connectivity index (χ0v) is 16.3. The van der Waals surface area contributed by atoms with E-state index in [1.54, 1.807) is 0 Å². The van der Waals surface area contributed by atoms with Gasteiger partial charge in [-0.3, -0.25) is 4.79 Å². The largest absolute Gasteiger partial charge is 0.486 e. The molecule has 4 rings (SSSR count). The van der Waals surface area contributed by atoms with E-state index in [0.29, 0.717) is 13.0 Å². The third-order valence-corrected chi connectivity index (χ3v) is 5.66. The van der Waals surface area contributed by atoms with Crippen LogP contribution in [0.4, 0.5) is 5.69 Å². The van der Waals surface area contributed by atoms with Crippen LogP contribution in [0.15, 0.2) is 53.9 Å². The summed E-state index contributed by atoms with van der Waals surface area (Å²) < 4.78 is 5.78. The van der Waals surface area contributed by atoms with Gasteiger partial charge in [-0.05, 0) is 44.0 Å². The van der Waals surface area contributed by atoms with Crippen LogP contribution in [-0.2, 0) is 24.2 Å². The maximum absolute atomic E-state index is 12.9. The number of anilines is 1. The smallest absolute Gasteiger partial charge is 0.233 e. The predicted molar refractivity (Wildman–Crippen MR) is 108 cm³/mol. The summed E-state index contributed by atoms with van der Waals surface area (Å²) in [6, 6.07) is 16.3. The topological polar surface area (TPSA) is 42.4 Å². The predicted octanol–water partition coefficient (Wildman–Crippen LogP) is 4.55. The molecule has 0 bridgehead atoms. The number of hydrogen-bond donors (Lipinski definition) is 0. The number of benzene rings is 2. The summed E-state index contributed by atoms with van der Waals surface area (Å²) in [5.74, 6) is 0.930. The summed E-state index contributed by atoms with van der Waals surface area (Å²) in [4.78, 5) is 19.4. The van der Waals surface area contributed by atoms with Crippen molar-refractivity contribution in [1.29, 1.82) is 0 Å². The molecule has 0 radical (unpaired) electrons. The Morgan fingerprint density at radius 3 is 2.81 bits per heavy atom. The van der Waals surface area contributed by atoms with Gasteiger partial charge < -0.3 is 9.64 Å². The van der Waals surface area contributed by atoms with Crippen molar-refractivity contribution in [1.82, 2.24) is 4.98 Å². The number of rotatable bonds is 5. The average molecular weight is 378 g/mol. The highest BCUT2D eigenvalue weighted by molar-refractivity contribution is 7.09. The number of fused-ring (bicyclic) bond motifs is 1. The SMILES string of the molecule is Cc1ccc(OCc2nc(CC(=O)N3c4ccccc4C[C@H]3C)cs2)cc1. The molecular weight excluding hydrogens is 356 g/mol. The fourth-order valence-electron chi connectivity index (χ4n) is 3.46. The fourth-order valence-corrected chi connectivity index (χ4v) is 4.17. The fraction of sp³-hybridized carbons (Fsp3) is 0.273. The second-order valence-electron chi connectivity index (χ2n) is 6.96. The van der Waals surface area contributed by atoms with Crippen molar-refractivity contribution in [3.63, 3.8) is 0 Å². The van der Waals surface area contributed by atoms with Gasteiger partial charge in [0.1, 0.15) is 17.4 Å². The highest BCUT2D eigenvalue weighted by Gasteiger charge is 2.30. The minimum atomic E-state index is 0.101. The van der Waals surface area contributed by atoms with Gasteiger partial charge in [-0.1, -0.05) is 35.9 Å². The molecule has 1 aromatic heterocycles. The molecule has 0 saturated heterocycles. The molecule has 2 heterocycles. The minimum Gasteiger partial charge on any atom is -0.486 e. The molecule has 0 saturated carbocycles. The number of carbonyl (C=O) groups excluding carboxylic acids is 1. The molecule has 0 aliphatic carbocycles. The lowest BCUT2D eigenvalue weighted by molar-refractivity contribution is -0.118. The van der Waals surface area contributed by atoms with Crippen LogP contribution in [0.1, 0.15) is 28.8 Å². The first-order valence-corrected chi connectivity index (χ1v) is 10.0. The van der Waals surface area contributed by atoms with E-state index in [9.17, 15) is 4.79 Å². The number of hydrogen-bond acceptors (Lipinski definition) is 4. The van der Waals surface area contributed by atoms with Crippen molar-refractivity contribution < 1.29 is 9.53 Å². The van der Waals surface area contributed by atoms with Crippen LogP contribution in [0, 0.1) is 6.92 Å². The van der Waals surface area contributed by atoms with E-state index in [2.05, 4.69) is 18.0 Å². The van der Waals surface area contributed by atoms with Crippen LogP contribution < -0.4 is 9.64 Å². The molecule has 5 heteroatoms. The molecule has 4 nitrogen and oxygen atoms in total. The second-order valence-corrected chi connectivity index (χ2v) is 7.90. The average Bonchev–Trinajstić information content (AvgIpc) is 3.24. The van der Waals surface area contributed by atoms with E-state index in [-0.39, 0.29) is 11.9 Å². The summed E-state index contributed by atoms with van der Waals surface area (Å²) >= 11 is 1.54. The minimum absolute atomic E-state index is 0.101. The molecule has 0 spiro atoms. The van der Waals surface area contributed by atoms with Gasteiger partial charge in [-0.15, -0.1) is 11.3 Å². The van der Waals surface area contributed by atoms with Crippen LogP contribution in [0.25, 0.3) is 0 Å². The number of aryl methyl sites for hydroxylation is 1. The molecular formula is C22H22N2O2S. The standard InChI is InChI=1S/C22H22N2O2S/c1-15-7-9-19(10-8-15)26-13-21-23-18(14-27-21)12-22(25)24-16(2)11-17-5-3-4-6-20(17)24/h3-10,14,16H,11-13H2,1-2H3/t16-/m1/s1. The molecule has 0 fully saturated rings. The van der Waals surface area contributed by atoms with Crippen molar-refractivity contribution in [3.05, 3.63) is 75.7 Å². The molecule has 0 N–H and O–H groups in total. The van der Waals surface area contributed by atoms with E-state index in [1.807, 2.05) is 59.7 Å². The Labute approximate surface area is 163 Å². The number of carbonyl (C=O) groups is 1. The maximum Gasteiger partial charge on any atom is 0.233 e. The highest BCUT2D eigenvalue weighted by Crippen LogP contribution is 2.32. The number of para-hydroxylation sites is 1. The first kappa shape index (κ1) is 17.7. The van der Waals surface area contributed by atoms with Crippen LogP contribution >= 0.6 is 11.3 Å². The van der Waals surface area contributed by atoms with Gasteiger partial charge in [0, 0.05) is 17.1 Å². The van der Waals surface area contributed by atoms with E-state index in [0.717, 1.165) is 28.6 Å². The molecule has 2 aromatic carbocycles. The van der Waals surface area contributed by atoms with Gasteiger partial charge in [-0.2, -0.15) is 0 Å².